The second-order valence-electron chi connectivity index (χ2n) is 4.79. The summed E-state index contributed by atoms with van der Waals surface area (Å²) in [6.45, 7) is 0.199. The Morgan fingerprint density at radius 1 is 0.909 bits per heavy atom. The van der Waals surface area contributed by atoms with Crippen LogP contribution in [0.15, 0.2) is 11.1 Å². The number of cyclic esters (lactones) is 2. The molecule has 2 fully saturated rings. The molecule has 2 unspecified atom stereocenters. The van der Waals surface area contributed by atoms with E-state index in [0.29, 0.717) is 0 Å². The molecule has 0 aromatic carbocycles. The Morgan fingerprint density at radius 2 is 1.27 bits per heavy atom. The predicted molar refractivity (Wildman–Crippen MR) is 68.1 cm³/mol. The summed E-state index contributed by atoms with van der Waals surface area (Å²) in [5, 5.41) is 23.2. The maximum absolute atomic E-state index is 11.3. The van der Waals surface area contributed by atoms with E-state index in [-0.39, 0.29) is 37.1 Å². The van der Waals surface area contributed by atoms with Crippen molar-refractivity contribution in [3.8, 4) is 0 Å². The van der Waals surface area contributed by atoms with Crippen molar-refractivity contribution in [1.82, 2.24) is 10.6 Å². The summed E-state index contributed by atoms with van der Waals surface area (Å²) in [6.07, 6.45) is -3.36. The highest BCUT2D eigenvalue weighted by Gasteiger charge is 2.32. The van der Waals surface area contributed by atoms with Crippen molar-refractivity contribution in [2.75, 3.05) is 13.1 Å². The average Bonchev–Trinajstić information content (AvgIpc) is 3.02. The first-order valence-electron chi connectivity index (χ1n) is 6.44. The zero-order valence-electron chi connectivity index (χ0n) is 11.3. The zero-order chi connectivity index (χ0) is 16.3. The van der Waals surface area contributed by atoms with Crippen molar-refractivity contribution in [1.29, 1.82) is 0 Å². The summed E-state index contributed by atoms with van der Waals surface area (Å²) in [4.78, 5) is 44.6. The van der Waals surface area contributed by atoms with Crippen LogP contribution in [-0.4, -0.2) is 59.6 Å². The van der Waals surface area contributed by atoms with Gasteiger partial charge in [-0.05, 0) is 0 Å². The molecule has 0 aromatic rings. The van der Waals surface area contributed by atoms with Crippen LogP contribution in [0, 0.1) is 0 Å². The molecule has 0 bridgehead atoms. The minimum atomic E-state index is -1.42. The molecule has 2 amide bonds. The van der Waals surface area contributed by atoms with Gasteiger partial charge in [0.15, 0.2) is 0 Å². The highest BCUT2D eigenvalue weighted by molar-refractivity contribution is 5.99. The number of hydrogen-bond acceptors (Lipinski definition) is 6. The van der Waals surface area contributed by atoms with E-state index in [4.69, 9.17) is 9.47 Å². The summed E-state index contributed by atoms with van der Waals surface area (Å²) >= 11 is 0. The molecule has 2 saturated heterocycles. The fourth-order valence-electron chi connectivity index (χ4n) is 2.23. The van der Waals surface area contributed by atoms with Crippen LogP contribution in [0.3, 0.4) is 0 Å². The Bertz CT molecular complexity index is 507. The molecule has 2 aliphatic heterocycles. The van der Waals surface area contributed by atoms with Crippen LogP contribution >= 0.6 is 0 Å². The van der Waals surface area contributed by atoms with Gasteiger partial charge in [-0.25, -0.2) is 19.2 Å². The van der Waals surface area contributed by atoms with Gasteiger partial charge in [-0.3, -0.25) is 0 Å². The lowest BCUT2D eigenvalue weighted by Gasteiger charge is -2.14. The molecule has 0 saturated carbocycles. The Kier molecular flexibility index (Phi) is 4.49. The highest BCUT2D eigenvalue weighted by atomic mass is 16.6. The van der Waals surface area contributed by atoms with E-state index < -0.39 is 36.3 Å². The van der Waals surface area contributed by atoms with E-state index in [1.165, 1.54) is 0 Å². The molecule has 0 aromatic heterocycles. The Balaban J connectivity index is 2.18. The third kappa shape index (κ3) is 3.65. The lowest BCUT2D eigenvalue weighted by molar-refractivity contribution is -0.136. The fraction of sp³-hybridized carbons (Fsp3) is 0.500. The number of carbonyl (C=O) groups is 4. The number of amides is 2. The molecular formula is C12H14N2O8. The zero-order valence-corrected chi connectivity index (χ0v) is 11.3. The normalized spacial score (nSPS) is 24.7. The Morgan fingerprint density at radius 3 is 1.50 bits per heavy atom. The maximum atomic E-state index is 11.3. The Labute approximate surface area is 124 Å². The van der Waals surface area contributed by atoms with Crippen LogP contribution in [0.1, 0.15) is 12.8 Å². The summed E-state index contributed by atoms with van der Waals surface area (Å²) in [7, 11) is 0. The van der Waals surface area contributed by atoms with E-state index in [0.717, 1.165) is 0 Å². The van der Waals surface area contributed by atoms with Crippen LogP contribution in [0.2, 0.25) is 0 Å². The van der Waals surface area contributed by atoms with Crippen LogP contribution < -0.4 is 10.6 Å². The number of ether oxygens (including phenoxy) is 2. The second kappa shape index (κ2) is 6.33. The molecule has 10 nitrogen and oxygen atoms in total. The van der Waals surface area contributed by atoms with Crippen molar-refractivity contribution in [3.63, 3.8) is 0 Å². The number of aliphatic carboxylic acids is 2. The number of carbonyl (C=O) groups excluding carboxylic acids is 2. The largest absolute Gasteiger partial charge is 0.478 e. The molecule has 2 aliphatic rings. The van der Waals surface area contributed by atoms with Gasteiger partial charge in [0, 0.05) is 12.8 Å². The third-order valence-corrected chi connectivity index (χ3v) is 3.24. The number of rotatable bonds is 6. The average molecular weight is 314 g/mol. The van der Waals surface area contributed by atoms with Crippen LogP contribution in [0.25, 0.3) is 0 Å². The molecule has 0 radical (unpaired) electrons. The van der Waals surface area contributed by atoms with Gasteiger partial charge in [0.1, 0.15) is 12.2 Å². The first kappa shape index (κ1) is 15.6. The summed E-state index contributed by atoms with van der Waals surface area (Å²) in [5.41, 5.74) is -0.756. The van der Waals surface area contributed by atoms with Crippen molar-refractivity contribution in [3.05, 3.63) is 11.1 Å². The van der Waals surface area contributed by atoms with Crippen LogP contribution in [-0.2, 0) is 19.1 Å². The first-order valence-corrected chi connectivity index (χ1v) is 6.44. The molecule has 2 heterocycles. The molecule has 22 heavy (non-hydrogen) atoms. The van der Waals surface area contributed by atoms with Gasteiger partial charge < -0.3 is 30.3 Å². The maximum Gasteiger partial charge on any atom is 0.407 e. The molecule has 120 valence electrons. The van der Waals surface area contributed by atoms with Crippen LogP contribution in [0.4, 0.5) is 9.59 Å². The quantitative estimate of drug-likeness (QED) is 0.477. The van der Waals surface area contributed by atoms with Crippen molar-refractivity contribution in [2.45, 2.75) is 25.0 Å². The third-order valence-electron chi connectivity index (χ3n) is 3.24. The number of carboxylic acid groups (broad SMARTS) is 2. The van der Waals surface area contributed by atoms with Gasteiger partial charge in [0.2, 0.25) is 0 Å². The molecule has 2 atom stereocenters. The second-order valence-corrected chi connectivity index (χ2v) is 4.79. The molecule has 0 aliphatic carbocycles. The van der Waals surface area contributed by atoms with E-state index in [2.05, 4.69) is 10.6 Å². The number of carboxylic acids is 2. The lowest BCUT2D eigenvalue weighted by Crippen LogP contribution is -2.23. The van der Waals surface area contributed by atoms with Gasteiger partial charge in [-0.2, -0.15) is 0 Å². The monoisotopic (exact) mass is 314 g/mol. The minimum absolute atomic E-state index is 0.0997. The van der Waals surface area contributed by atoms with E-state index in [1.807, 2.05) is 0 Å². The predicted octanol–water partition coefficient (Wildman–Crippen LogP) is -0.551. The van der Waals surface area contributed by atoms with Gasteiger partial charge in [-0.1, -0.05) is 0 Å². The minimum Gasteiger partial charge on any atom is -0.478 e. The molecule has 0 spiro atoms. The van der Waals surface area contributed by atoms with Gasteiger partial charge in [0.25, 0.3) is 0 Å². The molecule has 10 heteroatoms. The summed E-state index contributed by atoms with van der Waals surface area (Å²) in [6, 6.07) is 0. The summed E-state index contributed by atoms with van der Waals surface area (Å²) < 4.78 is 9.64. The first-order chi connectivity index (χ1) is 10.4. The smallest absolute Gasteiger partial charge is 0.407 e. The molecular weight excluding hydrogens is 300 g/mol. The molecule has 4 N–H and O–H groups in total. The topological polar surface area (TPSA) is 151 Å². The van der Waals surface area contributed by atoms with Gasteiger partial charge in [0.05, 0.1) is 24.2 Å². The fourth-order valence-corrected chi connectivity index (χ4v) is 2.23. The van der Waals surface area contributed by atoms with Crippen LogP contribution in [0.5, 0.6) is 0 Å². The Hall–Kier alpha value is -2.78. The van der Waals surface area contributed by atoms with Crippen molar-refractivity contribution in [2.24, 2.45) is 0 Å². The van der Waals surface area contributed by atoms with Gasteiger partial charge in [-0.15, -0.1) is 0 Å². The standard InChI is InChI=1S/C12H14N2O8/c15-9(16)7(1-5-3-13-11(19)21-5)8(10(17)18)2-6-4-14-12(20)22-6/h5-6H,1-4H2,(H,13,19)(H,14,20)(H,15,16)(H,17,18). The van der Waals surface area contributed by atoms with Gasteiger partial charge >= 0.3 is 24.1 Å². The SMILES string of the molecule is O=C1NCC(CC(C(=O)O)=C(CC2CNC(=O)O2)C(=O)O)O1. The lowest BCUT2D eigenvalue weighted by atomic mass is 9.97. The summed E-state index contributed by atoms with van der Waals surface area (Å²) in [5.74, 6) is -2.84. The van der Waals surface area contributed by atoms with E-state index >= 15 is 0 Å². The number of nitrogens with one attached hydrogen (secondary N) is 2. The van der Waals surface area contributed by atoms with E-state index in [1.54, 1.807) is 0 Å². The highest BCUT2D eigenvalue weighted by Crippen LogP contribution is 2.22. The van der Waals surface area contributed by atoms with Crippen molar-refractivity contribution >= 4 is 24.1 Å². The number of alkyl carbamates (subject to hydrolysis) is 2. The van der Waals surface area contributed by atoms with Crippen molar-refractivity contribution < 1.29 is 38.9 Å². The number of hydrogen-bond donors (Lipinski definition) is 4. The molecule has 2 rings (SSSR count). The van der Waals surface area contributed by atoms with E-state index in [9.17, 15) is 29.4 Å².